The highest BCUT2D eigenvalue weighted by molar-refractivity contribution is 6.02. The predicted molar refractivity (Wildman–Crippen MR) is 129 cm³/mol. The van der Waals surface area contributed by atoms with Gasteiger partial charge in [-0.3, -0.25) is 10.2 Å². The van der Waals surface area contributed by atoms with Crippen molar-refractivity contribution >= 4 is 29.2 Å². The van der Waals surface area contributed by atoms with Gasteiger partial charge in [0.1, 0.15) is 0 Å². The Kier molecular flexibility index (Phi) is 8.50. The fraction of sp³-hybridized carbons (Fsp3) is 0.440. The van der Waals surface area contributed by atoms with Crippen molar-refractivity contribution in [3.05, 3.63) is 53.6 Å². The van der Waals surface area contributed by atoms with E-state index in [1.807, 2.05) is 36.4 Å². The summed E-state index contributed by atoms with van der Waals surface area (Å²) in [6.45, 7) is 9.93. The second-order valence-corrected chi connectivity index (χ2v) is 7.77. The minimum Gasteiger partial charge on any atom is -0.450 e. The molecule has 0 radical (unpaired) electrons. The Hall–Kier alpha value is -3.06. The molecule has 1 aliphatic heterocycles. The molecule has 0 atom stereocenters. The number of hydrogen-bond donors (Lipinski definition) is 2. The van der Waals surface area contributed by atoms with Crippen LogP contribution < -0.4 is 15.5 Å². The summed E-state index contributed by atoms with van der Waals surface area (Å²) >= 11 is 0. The van der Waals surface area contributed by atoms with Gasteiger partial charge in [-0.05, 0) is 75.1 Å². The first-order chi connectivity index (χ1) is 15.6. The van der Waals surface area contributed by atoms with Crippen molar-refractivity contribution in [3.63, 3.8) is 0 Å². The first-order valence-corrected chi connectivity index (χ1v) is 11.5. The number of ether oxygens (including phenoxy) is 1. The Labute approximate surface area is 190 Å². The fourth-order valence-corrected chi connectivity index (χ4v) is 4.02. The standard InChI is InChI=1S/C25H34N4O3/c1-4-28(5-2)17-9-16-26-24(30)29-22-11-8-7-10-19(22)12-13-20-14-15-21(18-23(20)29)27-25(31)32-6-3/h7-8,10-11,14-15,18H,4-6,9,12-13,16-17H2,1-3H3,(H,26,30)(H,27,31). The van der Waals surface area contributed by atoms with E-state index in [-0.39, 0.29) is 6.03 Å². The molecule has 2 aromatic rings. The molecule has 7 heteroatoms. The molecule has 3 rings (SSSR count). The highest BCUT2D eigenvalue weighted by Crippen LogP contribution is 2.37. The topological polar surface area (TPSA) is 73.9 Å². The first kappa shape index (κ1) is 23.6. The third-order valence-electron chi connectivity index (χ3n) is 5.77. The number of nitrogens with zero attached hydrogens (tertiary/aromatic N) is 2. The van der Waals surface area contributed by atoms with E-state index in [1.54, 1.807) is 11.8 Å². The van der Waals surface area contributed by atoms with Crippen molar-refractivity contribution in [2.45, 2.75) is 40.0 Å². The normalized spacial score (nSPS) is 12.6. The number of aryl methyl sites for hydroxylation is 2. The number of urea groups is 1. The lowest BCUT2D eigenvalue weighted by molar-refractivity contribution is 0.168. The zero-order valence-corrected chi connectivity index (χ0v) is 19.3. The van der Waals surface area contributed by atoms with E-state index in [0.29, 0.717) is 18.8 Å². The van der Waals surface area contributed by atoms with Gasteiger partial charge in [-0.1, -0.05) is 38.1 Å². The Balaban J connectivity index is 1.85. The lowest BCUT2D eigenvalue weighted by Gasteiger charge is -2.26. The summed E-state index contributed by atoms with van der Waals surface area (Å²) in [5.74, 6) is 0. The molecular formula is C25H34N4O3. The largest absolute Gasteiger partial charge is 0.450 e. The number of anilines is 3. The van der Waals surface area contributed by atoms with E-state index < -0.39 is 6.09 Å². The van der Waals surface area contributed by atoms with Crippen molar-refractivity contribution in [3.8, 4) is 0 Å². The van der Waals surface area contributed by atoms with Crippen LogP contribution in [0.25, 0.3) is 0 Å². The molecule has 3 amide bonds. The maximum absolute atomic E-state index is 13.4. The number of nitrogens with one attached hydrogen (secondary N) is 2. The molecule has 0 saturated carbocycles. The second-order valence-electron chi connectivity index (χ2n) is 7.77. The number of carbonyl (C=O) groups is 2. The van der Waals surface area contributed by atoms with E-state index in [9.17, 15) is 9.59 Å². The fourth-order valence-electron chi connectivity index (χ4n) is 4.02. The number of benzene rings is 2. The van der Waals surface area contributed by atoms with E-state index in [0.717, 1.165) is 61.4 Å². The van der Waals surface area contributed by atoms with Gasteiger partial charge in [0.05, 0.1) is 18.0 Å². The molecule has 0 unspecified atom stereocenters. The van der Waals surface area contributed by atoms with Crippen LogP contribution in [0, 0.1) is 0 Å². The number of hydrogen-bond acceptors (Lipinski definition) is 4. The van der Waals surface area contributed by atoms with Crippen LogP contribution in [0.1, 0.15) is 38.3 Å². The Morgan fingerprint density at radius 2 is 1.72 bits per heavy atom. The highest BCUT2D eigenvalue weighted by atomic mass is 16.5. The Bertz CT molecular complexity index is 927. The van der Waals surface area contributed by atoms with Crippen LogP contribution in [0.5, 0.6) is 0 Å². The summed E-state index contributed by atoms with van der Waals surface area (Å²) in [6.07, 6.45) is 2.05. The van der Waals surface area contributed by atoms with Crippen molar-refractivity contribution in [1.82, 2.24) is 10.2 Å². The van der Waals surface area contributed by atoms with Crippen molar-refractivity contribution in [2.75, 3.05) is 43.0 Å². The van der Waals surface area contributed by atoms with Crippen molar-refractivity contribution in [1.29, 1.82) is 0 Å². The van der Waals surface area contributed by atoms with E-state index in [4.69, 9.17) is 4.74 Å². The summed E-state index contributed by atoms with van der Waals surface area (Å²) in [5, 5.41) is 5.84. The number of carbonyl (C=O) groups excluding carboxylic acids is 2. The molecular weight excluding hydrogens is 404 g/mol. The molecule has 7 nitrogen and oxygen atoms in total. The van der Waals surface area contributed by atoms with Gasteiger partial charge < -0.3 is 15.0 Å². The summed E-state index contributed by atoms with van der Waals surface area (Å²) in [4.78, 5) is 29.4. The predicted octanol–water partition coefficient (Wildman–Crippen LogP) is 4.93. The van der Waals surface area contributed by atoms with Crippen LogP contribution in [0.15, 0.2) is 42.5 Å². The zero-order valence-electron chi connectivity index (χ0n) is 19.3. The van der Waals surface area contributed by atoms with Gasteiger partial charge in [0.15, 0.2) is 0 Å². The van der Waals surface area contributed by atoms with Crippen molar-refractivity contribution in [2.24, 2.45) is 0 Å². The van der Waals surface area contributed by atoms with Gasteiger partial charge in [-0.2, -0.15) is 0 Å². The van der Waals surface area contributed by atoms with Gasteiger partial charge in [0.2, 0.25) is 0 Å². The van der Waals surface area contributed by atoms with E-state index >= 15 is 0 Å². The molecule has 2 aromatic carbocycles. The number of fused-ring (bicyclic) bond motifs is 2. The molecule has 1 aliphatic rings. The number of amides is 3. The quantitative estimate of drug-likeness (QED) is 0.573. The molecule has 1 heterocycles. The molecule has 2 N–H and O–H groups in total. The smallest absolute Gasteiger partial charge is 0.411 e. The molecule has 32 heavy (non-hydrogen) atoms. The average molecular weight is 439 g/mol. The zero-order chi connectivity index (χ0) is 22.9. The molecule has 0 aliphatic carbocycles. The van der Waals surface area contributed by atoms with Crippen molar-refractivity contribution < 1.29 is 14.3 Å². The summed E-state index contributed by atoms with van der Waals surface area (Å²) in [5.41, 5.74) is 4.45. The first-order valence-electron chi connectivity index (χ1n) is 11.5. The van der Waals surface area contributed by atoms with Gasteiger partial charge in [0.25, 0.3) is 0 Å². The lowest BCUT2D eigenvalue weighted by atomic mass is 10.0. The maximum Gasteiger partial charge on any atom is 0.411 e. The SMILES string of the molecule is CCOC(=O)Nc1ccc2c(c1)N(C(=O)NCCCN(CC)CC)c1ccccc1CC2. The minimum absolute atomic E-state index is 0.159. The van der Waals surface area contributed by atoms with Crippen LogP contribution in [-0.4, -0.2) is 49.8 Å². The van der Waals surface area contributed by atoms with Crippen LogP contribution in [0.3, 0.4) is 0 Å². The van der Waals surface area contributed by atoms with Gasteiger partial charge >= 0.3 is 12.1 Å². The lowest BCUT2D eigenvalue weighted by Crippen LogP contribution is -2.39. The van der Waals surface area contributed by atoms with Crippen LogP contribution in [0.4, 0.5) is 26.7 Å². The highest BCUT2D eigenvalue weighted by Gasteiger charge is 2.26. The van der Waals surface area contributed by atoms with Crippen LogP contribution in [0.2, 0.25) is 0 Å². The average Bonchev–Trinajstić information content (AvgIpc) is 2.96. The molecule has 0 fully saturated rings. The van der Waals surface area contributed by atoms with Gasteiger partial charge in [-0.25, -0.2) is 9.59 Å². The summed E-state index contributed by atoms with van der Waals surface area (Å²) < 4.78 is 5.00. The third-order valence-corrected chi connectivity index (χ3v) is 5.77. The molecule has 0 spiro atoms. The minimum atomic E-state index is -0.506. The monoisotopic (exact) mass is 438 g/mol. The van der Waals surface area contributed by atoms with Gasteiger partial charge in [-0.15, -0.1) is 0 Å². The number of rotatable bonds is 8. The van der Waals surface area contributed by atoms with E-state index in [1.165, 1.54) is 0 Å². The number of para-hydroxylation sites is 1. The maximum atomic E-state index is 13.4. The summed E-state index contributed by atoms with van der Waals surface area (Å²) in [7, 11) is 0. The second kappa shape index (κ2) is 11.5. The molecule has 0 aromatic heterocycles. The molecule has 172 valence electrons. The third kappa shape index (κ3) is 5.79. The Morgan fingerprint density at radius 3 is 2.44 bits per heavy atom. The van der Waals surface area contributed by atoms with Gasteiger partial charge in [0, 0.05) is 12.2 Å². The van der Waals surface area contributed by atoms with Crippen LogP contribution in [-0.2, 0) is 17.6 Å². The molecule has 0 bridgehead atoms. The van der Waals surface area contributed by atoms with Crippen LogP contribution >= 0.6 is 0 Å². The Morgan fingerprint density at radius 1 is 1.00 bits per heavy atom. The molecule has 0 saturated heterocycles. The van der Waals surface area contributed by atoms with E-state index in [2.05, 4.69) is 35.4 Å². The summed E-state index contributed by atoms with van der Waals surface area (Å²) in [6, 6.07) is 13.5.